The number of β-lactam (4-membered cyclic amide) rings is 1. The number of carbonyl (C=O) groups excluding carboxylic acids is 5. The molecule has 5 rings (SSSR count). The van der Waals surface area contributed by atoms with Gasteiger partial charge in [0.1, 0.15) is 6.04 Å². The molecule has 0 aromatic heterocycles. The number of likely N-dealkylation sites (tertiary alicyclic amines) is 1. The molecule has 42 heavy (non-hydrogen) atoms. The molecule has 0 saturated carbocycles. The number of ketones is 1. The first kappa shape index (κ1) is 28.8. The van der Waals surface area contributed by atoms with Gasteiger partial charge in [0.25, 0.3) is 21.9 Å². The molecular weight excluding hydrogens is 564 g/mol. The molecule has 1 fully saturated rings. The Labute approximate surface area is 241 Å². The van der Waals surface area contributed by atoms with Gasteiger partial charge in [-0.3, -0.25) is 28.3 Å². The van der Waals surface area contributed by atoms with Gasteiger partial charge < -0.3 is 9.64 Å². The summed E-state index contributed by atoms with van der Waals surface area (Å²) in [6.45, 7) is 0.379. The predicted molar refractivity (Wildman–Crippen MR) is 147 cm³/mol. The fourth-order valence-corrected chi connectivity index (χ4v) is 5.60. The summed E-state index contributed by atoms with van der Waals surface area (Å²) in [5, 5.41) is 0. The number of imide groups is 1. The maximum absolute atomic E-state index is 13.7. The van der Waals surface area contributed by atoms with Crippen LogP contribution in [-0.4, -0.2) is 78.7 Å². The summed E-state index contributed by atoms with van der Waals surface area (Å²) < 4.78 is 34.5. The summed E-state index contributed by atoms with van der Waals surface area (Å²) >= 11 is 0. The fraction of sp³-hybridized carbons (Fsp3) is 0.233. The second-order valence-electron chi connectivity index (χ2n) is 9.92. The van der Waals surface area contributed by atoms with Crippen molar-refractivity contribution in [3.05, 3.63) is 107 Å². The Morgan fingerprint density at radius 2 is 1.29 bits per heavy atom. The van der Waals surface area contributed by atoms with Crippen molar-refractivity contribution >= 4 is 39.6 Å². The molecule has 0 radical (unpaired) electrons. The number of amides is 3. The fourth-order valence-electron chi connectivity index (χ4n) is 5.22. The number of hydrogen-bond donors (Lipinski definition) is 0. The van der Waals surface area contributed by atoms with E-state index in [1.165, 1.54) is 12.1 Å². The Morgan fingerprint density at radius 3 is 1.74 bits per heavy atom. The largest absolute Gasteiger partial charge is 0.451 e. The number of carbonyl (C=O) groups is 5. The highest BCUT2D eigenvalue weighted by Crippen LogP contribution is 2.36. The molecule has 3 atom stereocenters. The van der Waals surface area contributed by atoms with Gasteiger partial charge in [-0.2, -0.15) is 8.42 Å². The molecule has 11 nitrogen and oxygen atoms in total. The van der Waals surface area contributed by atoms with Gasteiger partial charge in [-0.1, -0.05) is 72.8 Å². The van der Waals surface area contributed by atoms with Crippen LogP contribution in [-0.2, 0) is 33.4 Å². The van der Waals surface area contributed by atoms with Gasteiger partial charge in [0, 0.05) is 0 Å². The second-order valence-corrected chi connectivity index (χ2v) is 11.6. The summed E-state index contributed by atoms with van der Waals surface area (Å²) in [6.07, 6.45) is -0.147. The lowest BCUT2D eigenvalue weighted by Gasteiger charge is -2.51. The highest BCUT2D eigenvalue weighted by Gasteiger charge is 2.60. The Balaban J connectivity index is 1.48. The summed E-state index contributed by atoms with van der Waals surface area (Å²) in [7, 11) is -4.05. The Hall–Kier alpha value is -4.68. The minimum atomic E-state index is -4.05. The molecule has 3 aromatic rings. The quantitative estimate of drug-likeness (QED) is 0.114. The van der Waals surface area contributed by atoms with Gasteiger partial charge in [-0.25, -0.2) is 4.79 Å². The molecule has 0 bridgehead atoms. The van der Waals surface area contributed by atoms with E-state index in [1.807, 2.05) is 0 Å². The lowest BCUT2D eigenvalue weighted by atomic mass is 9.90. The SMILES string of the molecule is CC(=O)C(C(=O)OC(c1ccccc1)c1ccccc1)N1C(=O)[C@@H](N2C(=O)c3ccccc3C2=O)[C@H]1COS(C)(=O)=O. The van der Waals surface area contributed by atoms with Crippen LogP contribution in [0.2, 0.25) is 0 Å². The van der Waals surface area contributed by atoms with Crippen LogP contribution >= 0.6 is 0 Å². The summed E-state index contributed by atoms with van der Waals surface area (Å²) in [4.78, 5) is 68.0. The first-order valence-corrected chi connectivity index (χ1v) is 14.8. The summed E-state index contributed by atoms with van der Waals surface area (Å²) in [5.41, 5.74) is 1.37. The number of nitrogens with zero attached hydrogens (tertiary/aromatic N) is 2. The highest BCUT2D eigenvalue weighted by molar-refractivity contribution is 7.85. The Kier molecular flexibility index (Phi) is 7.76. The summed E-state index contributed by atoms with van der Waals surface area (Å²) in [5.74, 6) is -4.25. The maximum atomic E-state index is 13.7. The van der Waals surface area contributed by atoms with Gasteiger partial charge in [-0.05, 0) is 30.2 Å². The van der Waals surface area contributed by atoms with Crippen molar-refractivity contribution in [1.29, 1.82) is 0 Å². The molecule has 3 aromatic carbocycles. The van der Waals surface area contributed by atoms with E-state index < -0.39 is 70.4 Å². The number of rotatable bonds is 10. The first-order chi connectivity index (χ1) is 20.0. The molecular formula is C30H26N2O9S. The Morgan fingerprint density at radius 1 is 0.810 bits per heavy atom. The number of ether oxygens (including phenoxy) is 1. The summed E-state index contributed by atoms with van der Waals surface area (Å²) in [6, 6.07) is 18.9. The zero-order valence-corrected chi connectivity index (χ0v) is 23.4. The van der Waals surface area contributed by atoms with E-state index in [2.05, 4.69) is 0 Å². The minimum Gasteiger partial charge on any atom is -0.451 e. The third-order valence-corrected chi connectivity index (χ3v) is 7.68. The van der Waals surface area contributed by atoms with E-state index >= 15 is 0 Å². The van der Waals surface area contributed by atoms with Crippen LogP contribution in [0.5, 0.6) is 0 Å². The van der Waals surface area contributed by atoms with Gasteiger partial charge in [0.2, 0.25) is 5.91 Å². The van der Waals surface area contributed by atoms with Crippen LogP contribution in [0.4, 0.5) is 0 Å². The van der Waals surface area contributed by atoms with Crippen molar-refractivity contribution in [3.8, 4) is 0 Å². The van der Waals surface area contributed by atoms with Crippen LogP contribution in [0.1, 0.15) is 44.9 Å². The highest BCUT2D eigenvalue weighted by atomic mass is 32.2. The average molecular weight is 591 g/mol. The van der Waals surface area contributed by atoms with Crippen molar-refractivity contribution in [2.24, 2.45) is 0 Å². The lowest BCUT2D eigenvalue weighted by Crippen LogP contribution is -2.76. The van der Waals surface area contributed by atoms with E-state index in [-0.39, 0.29) is 11.1 Å². The van der Waals surface area contributed by atoms with Crippen LogP contribution in [0, 0.1) is 0 Å². The van der Waals surface area contributed by atoms with E-state index in [0.29, 0.717) is 11.1 Å². The Bertz CT molecular complexity index is 1600. The van der Waals surface area contributed by atoms with Crippen molar-refractivity contribution < 1.29 is 41.3 Å². The molecule has 2 aliphatic heterocycles. The van der Waals surface area contributed by atoms with E-state index in [1.54, 1.807) is 72.8 Å². The molecule has 2 aliphatic rings. The van der Waals surface area contributed by atoms with Crippen LogP contribution in [0.25, 0.3) is 0 Å². The molecule has 216 valence electrons. The van der Waals surface area contributed by atoms with Crippen molar-refractivity contribution in [2.45, 2.75) is 31.2 Å². The van der Waals surface area contributed by atoms with E-state index in [4.69, 9.17) is 8.92 Å². The number of benzene rings is 3. The smallest absolute Gasteiger partial charge is 0.337 e. The third kappa shape index (κ3) is 5.33. The van der Waals surface area contributed by atoms with Gasteiger partial charge in [-0.15, -0.1) is 0 Å². The number of hydrogen-bond acceptors (Lipinski definition) is 9. The second kappa shape index (κ2) is 11.3. The topological polar surface area (TPSA) is 144 Å². The van der Waals surface area contributed by atoms with E-state index in [9.17, 15) is 32.4 Å². The van der Waals surface area contributed by atoms with Crippen molar-refractivity contribution in [1.82, 2.24) is 9.80 Å². The third-order valence-electron chi connectivity index (χ3n) is 7.11. The molecule has 0 spiro atoms. The van der Waals surface area contributed by atoms with E-state index in [0.717, 1.165) is 23.0 Å². The van der Waals surface area contributed by atoms with Crippen LogP contribution < -0.4 is 0 Å². The number of esters is 1. The standard InChI is InChI=1S/C30H26N2O9S/c1-18(33)24(30(37)41-26(19-11-5-3-6-12-19)20-13-7-4-8-14-20)31-23(17-40-42(2,38)39)25(29(31)36)32-27(34)21-15-9-10-16-22(21)28(32)35/h3-16,23-26H,17H2,1-2H3/t23-,24?,25+/m1/s1. The van der Waals surface area contributed by atoms with Crippen molar-refractivity contribution in [2.75, 3.05) is 12.9 Å². The molecule has 12 heteroatoms. The normalized spacial score (nSPS) is 19.0. The molecule has 2 heterocycles. The average Bonchev–Trinajstić information content (AvgIpc) is 3.21. The van der Waals surface area contributed by atoms with Gasteiger partial charge >= 0.3 is 5.97 Å². The van der Waals surface area contributed by atoms with Gasteiger partial charge in [0.05, 0.1) is 30.0 Å². The molecule has 1 unspecified atom stereocenters. The lowest BCUT2D eigenvalue weighted by molar-refractivity contribution is -0.177. The molecule has 0 aliphatic carbocycles. The van der Waals surface area contributed by atoms with Crippen LogP contribution in [0.3, 0.4) is 0 Å². The monoisotopic (exact) mass is 590 g/mol. The maximum Gasteiger partial charge on any atom is 0.337 e. The van der Waals surface area contributed by atoms with Gasteiger partial charge in [0.15, 0.2) is 17.9 Å². The number of fused-ring (bicyclic) bond motifs is 1. The molecule has 0 N–H and O–H groups in total. The van der Waals surface area contributed by atoms with Crippen LogP contribution in [0.15, 0.2) is 84.9 Å². The zero-order chi connectivity index (χ0) is 30.2. The number of Topliss-reactive ketones (excluding diaryl/α,β-unsaturated/α-hetero) is 1. The predicted octanol–water partition coefficient (Wildman–Crippen LogP) is 2.13. The van der Waals surface area contributed by atoms with Crippen molar-refractivity contribution in [3.63, 3.8) is 0 Å². The zero-order valence-electron chi connectivity index (χ0n) is 22.6. The molecule has 3 amide bonds. The minimum absolute atomic E-state index is 0.0765. The molecule has 1 saturated heterocycles. The first-order valence-electron chi connectivity index (χ1n) is 12.9.